The predicted molar refractivity (Wildman–Crippen MR) is 54.6 cm³/mol. The molecule has 3 N–H and O–H groups in total. The number of urea groups is 1. The molecule has 0 aliphatic carbocycles. The van der Waals surface area contributed by atoms with Gasteiger partial charge in [0.2, 0.25) is 0 Å². The maximum atomic E-state index is 11.5. The Kier molecular flexibility index (Phi) is 6.32. The molecule has 0 radical (unpaired) electrons. The van der Waals surface area contributed by atoms with Crippen LogP contribution in [0.3, 0.4) is 0 Å². The largest absolute Gasteiger partial charge is 0.338 e. The van der Waals surface area contributed by atoms with E-state index in [1.807, 2.05) is 20.8 Å². The highest BCUT2D eigenvalue weighted by Crippen LogP contribution is 1.99. The van der Waals surface area contributed by atoms with E-state index in [2.05, 4.69) is 5.32 Å². The Morgan fingerprint density at radius 2 is 2.15 bits per heavy atom. The van der Waals surface area contributed by atoms with Gasteiger partial charge in [0.1, 0.15) is 0 Å². The lowest BCUT2D eigenvalue weighted by Crippen LogP contribution is -2.44. The van der Waals surface area contributed by atoms with E-state index in [1.54, 1.807) is 4.90 Å². The zero-order chi connectivity index (χ0) is 10.3. The highest BCUT2D eigenvalue weighted by Gasteiger charge is 2.14. The fraction of sp³-hybridized carbons (Fsp3) is 0.889. The van der Waals surface area contributed by atoms with E-state index in [9.17, 15) is 4.79 Å². The molecular weight excluding hydrogens is 166 g/mol. The molecule has 0 fully saturated rings. The first kappa shape index (κ1) is 12.2. The van der Waals surface area contributed by atoms with Crippen molar-refractivity contribution >= 4 is 6.03 Å². The number of carbonyl (C=O) groups is 1. The minimum atomic E-state index is 0.00551. The van der Waals surface area contributed by atoms with E-state index in [1.165, 1.54) is 0 Å². The van der Waals surface area contributed by atoms with Crippen molar-refractivity contribution in [3.63, 3.8) is 0 Å². The number of amides is 2. The Hall–Kier alpha value is -0.770. The highest BCUT2D eigenvalue weighted by atomic mass is 16.2. The third-order valence-corrected chi connectivity index (χ3v) is 1.82. The zero-order valence-electron chi connectivity index (χ0n) is 8.84. The van der Waals surface area contributed by atoms with E-state index in [0.717, 1.165) is 13.0 Å². The lowest BCUT2D eigenvalue weighted by molar-refractivity contribution is 0.183. The highest BCUT2D eigenvalue weighted by molar-refractivity contribution is 5.74. The Morgan fingerprint density at radius 3 is 2.54 bits per heavy atom. The van der Waals surface area contributed by atoms with E-state index in [0.29, 0.717) is 13.1 Å². The molecule has 0 spiro atoms. The number of hydrogen-bond donors (Lipinski definition) is 2. The molecule has 0 saturated heterocycles. The fourth-order valence-corrected chi connectivity index (χ4v) is 1.11. The molecule has 0 bridgehead atoms. The zero-order valence-corrected chi connectivity index (χ0v) is 8.84. The Bertz CT molecular complexity index is 148. The summed E-state index contributed by atoms with van der Waals surface area (Å²) in [6.45, 7) is 7.96. The summed E-state index contributed by atoms with van der Waals surface area (Å²) >= 11 is 0. The van der Waals surface area contributed by atoms with Gasteiger partial charge < -0.3 is 16.0 Å². The maximum Gasteiger partial charge on any atom is 0.317 e. The van der Waals surface area contributed by atoms with Crippen LogP contribution in [0.2, 0.25) is 0 Å². The van der Waals surface area contributed by atoms with Gasteiger partial charge in [-0.05, 0) is 33.7 Å². The van der Waals surface area contributed by atoms with Gasteiger partial charge in [0, 0.05) is 19.1 Å². The van der Waals surface area contributed by atoms with E-state index >= 15 is 0 Å². The van der Waals surface area contributed by atoms with Gasteiger partial charge >= 0.3 is 6.03 Å². The van der Waals surface area contributed by atoms with Crippen LogP contribution in [-0.2, 0) is 0 Å². The second-order valence-electron chi connectivity index (χ2n) is 3.26. The topological polar surface area (TPSA) is 58.4 Å². The van der Waals surface area contributed by atoms with Gasteiger partial charge in [0.25, 0.3) is 0 Å². The predicted octanol–water partition coefficient (Wildman–Crippen LogP) is 0.775. The van der Waals surface area contributed by atoms with Crippen LogP contribution in [-0.4, -0.2) is 36.6 Å². The van der Waals surface area contributed by atoms with Crippen LogP contribution in [0.5, 0.6) is 0 Å². The molecule has 0 atom stereocenters. The standard InChI is InChI=1S/C9H21N3O/c1-4-11-9(13)12(8(2)3)7-5-6-10/h8H,4-7,10H2,1-3H3,(H,11,13). The summed E-state index contributed by atoms with van der Waals surface area (Å²) in [5, 5.41) is 2.78. The van der Waals surface area contributed by atoms with E-state index in [-0.39, 0.29) is 12.1 Å². The van der Waals surface area contributed by atoms with E-state index in [4.69, 9.17) is 5.73 Å². The summed E-state index contributed by atoms with van der Waals surface area (Å²) < 4.78 is 0. The molecule has 0 aromatic rings. The van der Waals surface area contributed by atoms with Crippen molar-refractivity contribution in [1.82, 2.24) is 10.2 Å². The molecule has 0 unspecified atom stereocenters. The van der Waals surface area contributed by atoms with Crippen LogP contribution in [0.4, 0.5) is 4.79 Å². The molecule has 4 heteroatoms. The number of nitrogens with zero attached hydrogens (tertiary/aromatic N) is 1. The molecule has 78 valence electrons. The summed E-state index contributed by atoms with van der Waals surface area (Å²) in [6.07, 6.45) is 0.856. The lowest BCUT2D eigenvalue weighted by Gasteiger charge is -2.26. The van der Waals surface area contributed by atoms with Gasteiger partial charge in [0.15, 0.2) is 0 Å². The monoisotopic (exact) mass is 187 g/mol. The van der Waals surface area contributed by atoms with Crippen molar-refractivity contribution in [2.45, 2.75) is 33.2 Å². The molecule has 0 aliphatic rings. The minimum absolute atomic E-state index is 0.00551. The summed E-state index contributed by atoms with van der Waals surface area (Å²) in [6, 6.07) is 0.240. The average Bonchev–Trinajstić information content (AvgIpc) is 2.05. The SMILES string of the molecule is CCNC(=O)N(CCCN)C(C)C. The Labute approximate surface area is 80.5 Å². The molecule has 0 rings (SSSR count). The van der Waals surface area contributed by atoms with Gasteiger partial charge in [-0.1, -0.05) is 0 Å². The third-order valence-electron chi connectivity index (χ3n) is 1.82. The Balaban J connectivity index is 3.99. The normalized spacial score (nSPS) is 10.2. The van der Waals surface area contributed by atoms with Gasteiger partial charge in [0.05, 0.1) is 0 Å². The molecular formula is C9H21N3O. The summed E-state index contributed by atoms with van der Waals surface area (Å²) in [7, 11) is 0. The van der Waals surface area contributed by atoms with Gasteiger partial charge in [-0.25, -0.2) is 4.79 Å². The van der Waals surface area contributed by atoms with Gasteiger partial charge in [-0.3, -0.25) is 0 Å². The average molecular weight is 187 g/mol. The molecule has 0 saturated carbocycles. The van der Waals surface area contributed by atoms with Crippen molar-refractivity contribution in [2.75, 3.05) is 19.6 Å². The second-order valence-corrected chi connectivity index (χ2v) is 3.26. The van der Waals surface area contributed by atoms with Crippen molar-refractivity contribution in [3.8, 4) is 0 Å². The number of carbonyl (C=O) groups excluding carboxylic acids is 1. The van der Waals surface area contributed by atoms with Crippen molar-refractivity contribution in [3.05, 3.63) is 0 Å². The molecule has 4 nitrogen and oxygen atoms in total. The van der Waals surface area contributed by atoms with Crippen molar-refractivity contribution in [1.29, 1.82) is 0 Å². The van der Waals surface area contributed by atoms with Crippen LogP contribution < -0.4 is 11.1 Å². The second kappa shape index (κ2) is 6.71. The van der Waals surface area contributed by atoms with Crippen LogP contribution in [0.15, 0.2) is 0 Å². The van der Waals surface area contributed by atoms with Crippen LogP contribution in [0.1, 0.15) is 27.2 Å². The van der Waals surface area contributed by atoms with E-state index < -0.39 is 0 Å². The summed E-state index contributed by atoms with van der Waals surface area (Å²) in [5.74, 6) is 0. The maximum absolute atomic E-state index is 11.5. The van der Waals surface area contributed by atoms with Crippen LogP contribution in [0, 0.1) is 0 Å². The lowest BCUT2D eigenvalue weighted by atomic mass is 10.3. The molecule has 0 aromatic heterocycles. The quantitative estimate of drug-likeness (QED) is 0.668. The number of nitrogens with one attached hydrogen (secondary N) is 1. The smallest absolute Gasteiger partial charge is 0.317 e. The van der Waals surface area contributed by atoms with Crippen LogP contribution in [0.25, 0.3) is 0 Å². The van der Waals surface area contributed by atoms with Gasteiger partial charge in [-0.2, -0.15) is 0 Å². The fourth-order valence-electron chi connectivity index (χ4n) is 1.11. The first-order chi connectivity index (χ1) is 6.13. The van der Waals surface area contributed by atoms with Crippen molar-refractivity contribution < 1.29 is 4.79 Å². The first-order valence-corrected chi connectivity index (χ1v) is 4.88. The summed E-state index contributed by atoms with van der Waals surface area (Å²) in [4.78, 5) is 13.3. The Morgan fingerprint density at radius 1 is 1.54 bits per heavy atom. The molecule has 0 aliphatic heterocycles. The molecule has 2 amide bonds. The number of nitrogens with two attached hydrogens (primary N) is 1. The van der Waals surface area contributed by atoms with Crippen molar-refractivity contribution in [2.24, 2.45) is 5.73 Å². The molecule has 13 heavy (non-hydrogen) atoms. The number of rotatable bonds is 5. The van der Waals surface area contributed by atoms with Crippen LogP contribution >= 0.6 is 0 Å². The molecule has 0 heterocycles. The summed E-state index contributed by atoms with van der Waals surface area (Å²) in [5.41, 5.74) is 5.39. The van der Waals surface area contributed by atoms with Gasteiger partial charge in [-0.15, -0.1) is 0 Å². The first-order valence-electron chi connectivity index (χ1n) is 4.88. The number of hydrogen-bond acceptors (Lipinski definition) is 2. The minimum Gasteiger partial charge on any atom is -0.338 e. The molecule has 0 aromatic carbocycles. The third kappa shape index (κ3) is 4.72.